The van der Waals surface area contributed by atoms with Gasteiger partial charge >= 0.3 is 0 Å². The van der Waals surface area contributed by atoms with Crippen LogP contribution in [0.4, 0.5) is 0 Å². The third kappa shape index (κ3) is 10.1. The molecule has 1 aromatic rings. The lowest BCUT2D eigenvalue weighted by atomic mass is 10.0. The molecular weight excluding hydrogens is 469 g/mol. The predicted octanol–water partition coefficient (Wildman–Crippen LogP) is 3.62. The van der Waals surface area contributed by atoms with E-state index >= 15 is 0 Å². The molecule has 27 heavy (non-hydrogen) atoms. The molecule has 0 unspecified atom stereocenters. The smallest absolute Gasteiger partial charge is 0.191 e. The molecule has 0 radical (unpaired) electrons. The van der Waals surface area contributed by atoms with Gasteiger partial charge in [-0.1, -0.05) is 13.3 Å². The van der Waals surface area contributed by atoms with Gasteiger partial charge in [-0.2, -0.15) is 11.3 Å². The first kappa shape index (κ1) is 24.7. The number of halogens is 1. The van der Waals surface area contributed by atoms with E-state index in [0.717, 1.165) is 45.2 Å². The maximum absolute atomic E-state index is 4.78. The summed E-state index contributed by atoms with van der Waals surface area (Å²) in [6.45, 7) is 11.7. The highest BCUT2D eigenvalue weighted by molar-refractivity contribution is 14.0. The van der Waals surface area contributed by atoms with Crippen LogP contribution in [-0.4, -0.2) is 68.1 Å². The number of hydrogen-bond acceptors (Lipinski definition) is 4. The van der Waals surface area contributed by atoms with E-state index < -0.39 is 0 Å². The monoisotopic (exact) mass is 507 g/mol. The molecule has 1 aliphatic rings. The van der Waals surface area contributed by atoms with Crippen molar-refractivity contribution in [3.8, 4) is 0 Å². The Balaban J connectivity index is 0.00000364. The van der Waals surface area contributed by atoms with E-state index in [4.69, 9.17) is 4.99 Å². The zero-order valence-corrected chi connectivity index (χ0v) is 20.4. The Labute approximate surface area is 187 Å². The summed E-state index contributed by atoms with van der Waals surface area (Å²) >= 11 is 1.79. The molecule has 2 N–H and O–H groups in total. The average molecular weight is 508 g/mol. The van der Waals surface area contributed by atoms with Crippen LogP contribution in [0.3, 0.4) is 0 Å². The molecule has 1 saturated heterocycles. The second kappa shape index (κ2) is 14.6. The SMILES string of the molecule is CCCCN(C)CCN=C(NCC)NC1CCN(Cc2ccsc2)CC1.I. The number of likely N-dealkylation sites (tertiary alicyclic amines) is 1. The second-order valence-electron chi connectivity index (χ2n) is 7.24. The van der Waals surface area contributed by atoms with Crippen molar-refractivity contribution in [1.29, 1.82) is 0 Å². The Morgan fingerprint density at radius 1 is 1.30 bits per heavy atom. The number of nitrogens with zero attached hydrogens (tertiary/aromatic N) is 3. The molecule has 0 spiro atoms. The molecule has 0 saturated carbocycles. The van der Waals surface area contributed by atoms with Crippen LogP contribution in [0.15, 0.2) is 21.8 Å². The van der Waals surface area contributed by atoms with Crippen molar-refractivity contribution in [2.45, 2.75) is 52.1 Å². The van der Waals surface area contributed by atoms with Crippen LogP contribution in [0.5, 0.6) is 0 Å². The van der Waals surface area contributed by atoms with Gasteiger partial charge in [0.25, 0.3) is 0 Å². The molecule has 5 nitrogen and oxygen atoms in total. The summed E-state index contributed by atoms with van der Waals surface area (Å²) in [5.41, 5.74) is 1.45. The number of unbranched alkanes of at least 4 members (excludes halogenated alkanes) is 1. The quantitative estimate of drug-likeness (QED) is 0.289. The fourth-order valence-corrected chi connectivity index (χ4v) is 3.92. The van der Waals surface area contributed by atoms with Crippen molar-refractivity contribution in [2.24, 2.45) is 4.99 Å². The number of hydrogen-bond donors (Lipinski definition) is 2. The van der Waals surface area contributed by atoms with Gasteiger partial charge in [-0.25, -0.2) is 0 Å². The van der Waals surface area contributed by atoms with E-state index in [2.05, 4.69) is 58.2 Å². The molecule has 156 valence electrons. The van der Waals surface area contributed by atoms with Crippen molar-refractivity contribution in [3.63, 3.8) is 0 Å². The lowest BCUT2D eigenvalue weighted by Crippen LogP contribution is -2.48. The summed E-state index contributed by atoms with van der Waals surface area (Å²) in [6.07, 6.45) is 4.89. The molecule has 0 atom stereocenters. The topological polar surface area (TPSA) is 42.9 Å². The van der Waals surface area contributed by atoms with Gasteiger partial charge in [-0.3, -0.25) is 9.89 Å². The normalized spacial score (nSPS) is 16.4. The minimum Gasteiger partial charge on any atom is -0.357 e. The van der Waals surface area contributed by atoms with E-state index in [0.29, 0.717) is 6.04 Å². The Kier molecular flexibility index (Phi) is 13.3. The van der Waals surface area contributed by atoms with Crippen LogP contribution in [-0.2, 0) is 6.54 Å². The first-order valence-corrected chi connectivity index (χ1v) is 11.1. The number of rotatable bonds is 10. The first-order valence-electron chi connectivity index (χ1n) is 10.2. The van der Waals surface area contributed by atoms with Crippen LogP contribution in [0, 0.1) is 0 Å². The first-order chi connectivity index (χ1) is 12.7. The molecule has 2 heterocycles. The zero-order chi connectivity index (χ0) is 18.6. The Hall–Kier alpha value is -0.380. The molecule has 2 rings (SSSR count). The minimum absolute atomic E-state index is 0. The number of likely N-dealkylation sites (N-methyl/N-ethyl adjacent to an activating group) is 1. The number of piperidine rings is 1. The second-order valence-corrected chi connectivity index (χ2v) is 8.02. The fourth-order valence-electron chi connectivity index (χ4n) is 3.26. The maximum atomic E-state index is 4.78. The maximum Gasteiger partial charge on any atom is 0.191 e. The Bertz CT molecular complexity index is 500. The largest absolute Gasteiger partial charge is 0.357 e. The standard InChI is InChI=1S/C20H37N5S.HI/c1-4-6-11-24(3)14-10-22-20(21-5-2)23-19-7-12-25(13-8-19)16-18-9-15-26-17-18;/h9,15,17,19H,4-8,10-14,16H2,1-3H3,(H2,21,22,23);1H. The van der Waals surface area contributed by atoms with Crippen LogP contribution < -0.4 is 10.6 Å². The van der Waals surface area contributed by atoms with Gasteiger partial charge < -0.3 is 15.5 Å². The lowest BCUT2D eigenvalue weighted by molar-refractivity contribution is 0.198. The summed E-state index contributed by atoms with van der Waals surface area (Å²) in [4.78, 5) is 9.71. The van der Waals surface area contributed by atoms with Crippen molar-refractivity contribution >= 4 is 41.3 Å². The highest BCUT2D eigenvalue weighted by atomic mass is 127. The van der Waals surface area contributed by atoms with Crippen LogP contribution in [0.1, 0.15) is 45.1 Å². The summed E-state index contributed by atoms with van der Waals surface area (Å²) in [5, 5.41) is 11.5. The van der Waals surface area contributed by atoms with Crippen LogP contribution in [0.2, 0.25) is 0 Å². The van der Waals surface area contributed by atoms with Crippen molar-refractivity contribution in [3.05, 3.63) is 22.4 Å². The number of thiophene rings is 1. The predicted molar refractivity (Wildman–Crippen MR) is 130 cm³/mol. The highest BCUT2D eigenvalue weighted by Gasteiger charge is 2.20. The van der Waals surface area contributed by atoms with Crippen LogP contribution >= 0.6 is 35.3 Å². The van der Waals surface area contributed by atoms with Gasteiger partial charge in [0, 0.05) is 38.8 Å². The number of guanidine groups is 1. The molecule has 7 heteroatoms. The molecule has 1 aliphatic heterocycles. The van der Waals surface area contributed by atoms with E-state index in [1.54, 1.807) is 11.3 Å². The number of nitrogens with one attached hydrogen (secondary N) is 2. The minimum atomic E-state index is 0. The molecule has 1 aromatic heterocycles. The van der Waals surface area contributed by atoms with Gasteiger partial charge in [-0.05, 0) is 62.2 Å². The van der Waals surface area contributed by atoms with E-state index in [9.17, 15) is 0 Å². The summed E-state index contributed by atoms with van der Waals surface area (Å²) in [5.74, 6) is 0.979. The van der Waals surface area contributed by atoms with Gasteiger partial charge in [0.05, 0.1) is 6.54 Å². The molecule has 0 bridgehead atoms. The molecule has 1 fully saturated rings. The van der Waals surface area contributed by atoms with Crippen molar-refractivity contribution in [2.75, 3.05) is 46.3 Å². The summed E-state index contributed by atoms with van der Waals surface area (Å²) in [7, 11) is 2.19. The Morgan fingerprint density at radius 3 is 2.70 bits per heavy atom. The van der Waals surface area contributed by atoms with E-state index in [1.807, 2.05) is 0 Å². The highest BCUT2D eigenvalue weighted by Crippen LogP contribution is 2.15. The lowest BCUT2D eigenvalue weighted by Gasteiger charge is -2.33. The molecule has 0 aromatic carbocycles. The number of aliphatic imine (C=N–C) groups is 1. The summed E-state index contributed by atoms with van der Waals surface area (Å²) < 4.78 is 0. The molecule has 0 amide bonds. The Morgan fingerprint density at radius 2 is 2.07 bits per heavy atom. The van der Waals surface area contributed by atoms with Crippen LogP contribution in [0.25, 0.3) is 0 Å². The van der Waals surface area contributed by atoms with Crippen molar-refractivity contribution < 1.29 is 0 Å². The van der Waals surface area contributed by atoms with Crippen molar-refractivity contribution in [1.82, 2.24) is 20.4 Å². The van der Waals surface area contributed by atoms with Gasteiger partial charge in [0.1, 0.15) is 0 Å². The molecule has 0 aliphatic carbocycles. The van der Waals surface area contributed by atoms with E-state index in [-0.39, 0.29) is 24.0 Å². The third-order valence-corrected chi connectivity index (χ3v) is 5.64. The van der Waals surface area contributed by atoms with E-state index in [1.165, 1.54) is 37.8 Å². The average Bonchev–Trinajstić information content (AvgIpc) is 3.15. The fraction of sp³-hybridized carbons (Fsp3) is 0.750. The van der Waals surface area contributed by atoms with Gasteiger partial charge in [-0.15, -0.1) is 24.0 Å². The van der Waals surface area contributed by atoms with Gasteiger partial charge in [0.15, 0.2) is 5.96 Å². The molecular formula is C20H38IN5S. The third-order valence-electron chi connectivity index (χ3n) is 4.90. The zero-order valence-electron chi connectivity index (χ0n) is 17.2. The van der Waals surface area contributed by atoms with Gasteiger partial charge in [0.2, 0.25) is 0 Å². The summed E-state index contributed by atoms with van der Waals surface area (Å²) in [6, 6.07) is 2.77.